The Morgan fingerprint density at radius 2 is 1.61 bits per heavy atom. The fraction of sp³-hybridized carbons (Fsp3) is 0.300. The van der Waals surface area contributed by atoms with Crippen molar-refractivity contribution in [3.8, 4) is 23.0 Å². The van der Waals surface area contributed by atoms with E-state index in [1.807, 2.05) is 0 Å². The van der Waals surface area contributed by atoms with Gasteiger partial charge >= 0.3 is 0 Å². The van der Waals surface area contributed by atoms with Gasteiger partial charge in [-0.05, 0) is 19.1 Å². The number of halogens is 2. The van der Waals surface area contributed by atoms with Gasteiger partial charge in [0, 0.05) is 12.1 Å². The molecule has 11 heteroatoms. The molecule has 0 saturated heterocycles. The fourth-order valence-electron chi connectivity index (χ4n) is 2.57. The predicted molar refractivity (Wildman–Crippen MR) is 117 cm³/mol. The van der Waals surface area contributed by atoms with E-state index in [0.29, 0.717) is 11.5 Å². The summed E-state index contributed by atoms with van der Waals surface area (Å²) in [6.07, 6.45) is 0. The Balaban J connectivity index is 2.40. The molecular weight excluding hydrogens is 449 g/mol. The molecule has 0 bridgehead atoms. The highest BCUT2D eigenvalue weighted by Crippen LogP contribution is 2.43. The molecule has 1 amide bonds. The Kier molecular flexibility index (Phi) is 8.47. The van der Waals surface area contributed by atoms with E-state index in [9.17, 15) is 9.59 Å². The zero-order chi connectivity index (χ0) is 23.1. The summed E-state index contributed by atoms with van der Waals surface area (Å²) >= 11 is 12.3. The van der Waals surface area contributed by atoms with Gasteiger partial charge in [-0.2, -0.15) is 5.11 Å². The van der Waals surface area contributed by atoms with E-state index in [1.54, 1.807) is 12.1 Å². The SMILES string of the molecule is COc1cc(Cl)c(NC(=O)C(N=Nc2c(OC)ccc(Cl)c2OC)C(C)=O)c(OC)c1. The second-order valence-electron chi connectivity index (χ2n) is 6.04. The molecule has 0 heterocycles. The molecule has 166 valence electrons. The Morgan fingerprint density at radius 1 is 0.935 bits per heavy atom. The monoisotopic (exact) mass is 469 g/mol. The van der Waals surface area contributed by atoms with E-state index in [4.69, 9.17) is 42.1 Å². The highest BCUT2D eigenvalue weighted by atomic mass is 35.5. The Morgan fingerprint density at radius 3 is 2.16 bits per heavy atom. The van der Waals surface area contributed by atoms with Crippen molar-refractivity contribution in [2.24, 2.45) is 10.2 Å². The van der Waals surface area contributed by atoms with Gasteiger partial charge in [-0.3, -0.25) is 9.59 Å². The minimum Gasteiger partial charge on any atom is -0.497 e. The number of nitrogens with zero attached hydrogens (tertiary/aromatic N) is 2. The van der Waals surface area contributed by atoms with Gasteiger partial charge in [-0.15, -0.1) is 5.11 Å². The minimum absolute atomic E-state index is 0.136. The summed E-state index contributed by atoms with van der Waals surface area (Å²) < 4.78 is 20.8. The minimum atomic E-state index is -1.48. The third kappa shape index (κ3) is 5.56. The molecule has 2 rings (SSSR count). The van der Waals surface area contributed by atoms with Gasteiger partial charge in [0.05, 0.1) is 38.5 Å². The van der Waals surface area contributed by atoms with E-state index in [-0.39, 0.29) is 32.9 Å². The second-order valence-corrected chi connectivity index (χ2v) is 6.85. The topological polar surface area (TPSA) is 108 Å². The number of ketones is 1. The van der Waals surface area contributed by atoms with E-state index in [2.05, 4.69) is 15.5 Å². The van der Waals surface area contributed by atoms with Crippen LogP contribution >= 0.6 is 23.2 Å². The predicted octanol–water partition coefficient (Wildman–Crippen LogP) is 4.71. The summed E-state index contributed by atoms with van der Waals surface area (Å²) in [5.74, 6) is -0.149. The average molecular weight is 470 g/mol. The fourth-order valence-corrected chi connectivity index (χ4v) is 3.04. The molecule has 2 aromatic rings. The van der Waals surface area contributed by atoms with Crippen LogP contribution in [0.1, 0.15) is 6.92 Å². The first kappa shape index (κ1) is 24.2. The van der Waals surface area contributed by atoms with Gasteiger partial charge in [0.15, 0.2) is 17.2 Å². The molecule has 0 spiro atoms. The maximum Gasteiger partial charge on any atom is 0.258 e. The van der Waals surface area contributed by atoms with Crippen LogP contribution in [-0.4, -0.2) is 46.2 Å². The summed E-state index contributed by atoms with van der Waals surface area (Å²) in [5, 5.41) is 10.9. The number of amides is 1. The lowest BCUT2D eigenvalue weighted by atomic mass is 10.2. The molecule has 0 aliphatic carbocycles. The maximum absolute atomic E-state index is 12.8. The molecule has 0 aliphatic rings. The molecule has 1 N–H and O–H groups in total. The quantitative estimate of drug-likeness (QED) is 0.420. The van der Waals surface area contributed by atoms with E-state index in [0.717, 1.165) is 0 Å². The Hall–Kier alpha value is -3.04. The second kappa shape index (κ2) is 10.8. The summed E-state index contributed by atoms with van der Waals surface area (Å²) in [6, 6.07) is 4.67. The van der Waals surface area contributed by atoms with Crippen molar-refractivity contribution >= 4 is 46.3 Å². The van der Waals surface area contributed by atoms with Crippen molar-refractivity contribution in [1.29, 1.82) is 0 Å². The normalized spacial score (nSPS) is 11.7. The lowest BCUT2D eigenvalue weighted by molar-refractivity contribution is -0.126. The van der Waals surface area contributed by atoms with Crippen LogP contribution in [0.3, 0.4) is 0 Å². The van der Waals surface area contributed by atoms with E-state index >= 15 is 0 Å². The number of Topliss-reactive ketones (excluding diaryl/α,β-unsaturated/α-hetero) is 1. The van der Waals surface area contributed by atoms with Crippen LogP contribution in [0.4, 0.5) is 11.4 Å². The molecule has 0 fully saturated rings. The largest absolute Gasteiger partial charge is 0.497 e. The number of methoxy groups -OCH3 is 4. The summed E-state index contributed by atoms with van der Waals surface area (Å²) in [4.78, 5) is 24.9. The Bertz CT molecular complexity index is 1010. The summed E-state index contributed by atoms with van der Waals surface area (Å²) in [6.45, 7) is 1.21. The van der Waals surface area contributed by atoms with Crippen LogP contribution in [0.25, 0.3) is 0 Å². The number of azo groups is 1. The van der Waals surface area contributed by atoms with Crippen LogP contribution in [0, 0.1) is 0 Å². The van der Waals surface area contributed by atoms with Crippen LogP contribution in [0.15, 0.2) is 34.5 Å². The molecule has 31 heavy (non-hydrogen) atoms. The molecule has 1 atom stereocenters. The smallest absolute Gasteiger partial charge is 0.258 e. The molecule has 1 unspecified atom stereocenters. The van der Waals surface area contributed by atoms with Crippen molar-refractivity contribution in [2.45, 2.75) is 13.0 Å². The lowest BCUT2D eigenvalue weighted by Crippen LogP contribution is -2.32. The number of carbonyl (C=O) groups excluding carboxylic acids is 2. The van der Waals surface area contributed by atoms with Gasteiger partial charge in [-0.1, -0.05) is 23.2 Å². The van der Waals surface area contributed by atoms with Crippen molar-refractivity contribution in [1.82, 2.24) is 0 Å². The van der Waals surface area contributed by atoms with Crippen molar-refractivity contribution in [3.63, 3.8) is 0 Å². The average Bonchev–Trinajstić information content (AvgIpc) is 2.74. The highest BCUT2D eigenvalue weighted by molar-refractivity contribution is 6.34. The molecule has 0 aromatic heterocycles. The van der Waals surface area contributed by atoms with Gasteiger partial charge in [0.2, 0.25) is 6.04 Å². The third-order valence-electron chi connectivity index (χ3n) is 4.11. The number of nitrogens with one attached hydrogen (secondary N) is 1. The van der Waals surface area contributed by atoms with Gasteiger partial charge < -0.3 is 24.3 Å². The lowest BCUT2D eigenvalue weighted by Gasteiger charge is -2.15. The van der Waals surface area contributed by atoms with Gasteiger partial charge in [0.1, 0.15) is 22.9 Å². The maximum atomic E-state index is 12.8. The first-order chi connectivity index (χ1) is 14.8. The third-order valence-corrected chi connectivity index (χ3v) is 4.70. The number of hydrogen-bond donors (Lipinski definition) is 1. The number of anilines is 1. The highest BCUT2D eigenvalue weighted by Gasteiger charge is 2.26. The number of carbonyl (C=O) groups is 2. The molecule has 9 nitrogen and oxygen atoms in total. The molecular formula is C20H21Cl2N3O6. The first-order valence-electron chi connectivity index (χ1n) is 8.81. The van der Waals surface area contributed by atoms with Crippen LogP contribution in [0.2, 0.25) is 10.0 Å². The number of benzene rings is 2. The van der Waals surface area contributed by atoms with Crippen molar-refractivity contribution < 1.29 is 28.5 Å². The number of hydrogen-bond acceptors (Lipinski definition) is 8. The van der Waals surface area contributed by atoms with Gasteiger partial charge in [0.25, 0.3) is 5.91 Å². The van der Waals surface area contributed by atoms with Crippen molar-refractivity contribution in [2.75, 3.05) is 33.8 Å². The van der Waals surface area contributed by atoms with Crippen LogP contribution in [0.5, 0.6) is 23.0 Å². The van der Waals surface area contributed by atoms with Crippen molar-refractivity contribution in [3.05, 3.63) is 34.3 Å². The van der Waals surface area contributed by atoms with E-state index in [1.165, 1.54) is 47.5 Å². The zero-order valence-electron chi connectivity index (χ0n) is 17.5. The molecule has 0 radical (unpaired) electrons. The number of ether oxygens (including phenoxy) is 4. The standard InChI is InChI=1S/C20H21Cl2N3O6/c1-10(26)16(24-25-18-14(29-3)7-6-12(21)19(18)31-5)20(27)23-17-13(22)8-11(28-2)9-15(17)30-4/h6-9,16H,1-5H3,(H,23,27). The number of rotatable bonds is 9. The van der Waals surface area contributed by atoms with Crippen LogP contribution in [-0.2, 0) is 9.59 Å². The van der Waals surface area contributed by atoms with E-state index < -0.39 is 17.7 Å². The first-order valence-corrected chi connectivity index (χ1v) is 9.57. The summed E-state index contributed by atoms with van der Waals surface area (Å²) in [5.41, 5.74) is 0.297. The van der Waals surface area contributed by atoms with Gasteiger partial charge in [-0.25, -0.2) is 0 Å². The molecule has 2 aromatic carbocycles. The zero-order valence-corrected chi connectivity index (χ0v) is 19.0. The summed E-state index contributed by atoms with van der Waals surface area (Å²) in [7, 11) is 5.69. The Labute approximate surface area is 189 Å². The molecule has 0 aliphatic heterocycles. The van der Waals surface area contributed by atoms with Crippen LogP contribution < -0.4 is 24.3 Å². The molecule has 0 saturated carbocycles.